The normalized spacial score (nSPS) is 12.4. The van der Waals surface area contributed by atoms with Gasteiger partial charge in [0.05, 0.1) is 16.7 Å². The molecule has 4 aromatic heterocycles. The van der Waals surface area contributed by atoms with Gasteiger partial charge in [-0.15, -0.1) is 0 Å². The number of hydrogen-bond donors (Lipinski definition) is 0. The molecule has 0 aliphatic rings. The molecular formula is C48H47N5O. The zero-order valence-electron chi connectivity index (χ0n) is 32.4. The second-order valence-electron chi connectivity index (χ2n) is 16.8. The van der Waals surface area contributed by atoms with Gasteiger partial charge >= 0.3 is 0 Å². The van der Waals surface area contributed by atoms with Gasteiger partial charge in [0.2, 0.25) is 0 Å². The highest BCUT2D eigenvalue weighted by Gasteiger charge is 2.25. The second-order valence-corrected chi connectivity index (χ2v) is 16.8. The van der Waals surface area contributed by atoms with Crippen LogP contribution >= 0.6 is 0 Å². The van der Waals surface area contributed by atoms with Crippen LogP contribution in [0.25, 0.3) is 39.1 Å². The molecule has 270 valence electrons. The van der Waals surface area contributed by atoms with Crippen molar-refractivity contribution in [1.82, 2.24) is 19.1 Å². The minimum Gasteiger partial charge on any atom is -0.458 e. The van der Waals surface area contributed by atoms with Gasteiger partial charge in [-0.1, -0.05) is 110 Å². The van der Waals surface area contributed by atoms with E-state index in [1.54, 1.807) is 6.20 Å². The van der Waals surface area contributed by atoms with E-state index in [4.69, 9.17) is 9.72 Å². The minimum absolute atomic E-state index is 0.0174. The van der Waals surface area contributed by atoms with Crippen LogP contribution < -0.4 is 9.30 Å². The predicted molar refractivity (Wildman–Crippen MR) is 219 cm³/mol. The quantitative estimate of drug-likeness (QED) is 0.122. The summed E-state index contributed by atoms with van der Waals surface area (Å²) in [7, 11) is 0. The van der Waals surface area contributed by atoms with Crippen LogP contribution in [0.15, 0.2) is 140 Å². The molecule has 0 aliphatic heterocycles. The van der Waals surface area contributed by atoms with Gasteiger partial charge in [-0.05, 0) is 81.6 Å². The summed E-state index contributed by atoms with van der Waals surface area (Å²) in [6, 6.07) is 40.4. The van der Waals surface area contributed by atoms with E-state index in [9.17, 15) is 0 Å². The maximum Gasteiger partial charge on any atom is 0.270 e. The Morgan fingerprint density at radius 1 is 0.556 bits per heavy atom. The zero-order valence-corrected chi connectivity index (χ0v) is 32.4. The molecule has 54 heavy (non-hydrogen) atoms. The van der Waals surface area contributed by atoms with Crippen molar-refractivity contribution >= 4 is 21.8 Å². The van der Waals surface area contributed by atoms with Gasteiger partial charge in [-0.25, -0.2) is 4.98 Å². The van der Waals surface area contributed by atoms with Gasteiger partial charge in [0, 0.05) is 53.1 Å². The van der Waals surface area contributed by atoms with E-state index in [2.05, 4.69) is 168 Å². The number of benzene rings is 4. The molecule has 0 radical (unpaired) electrons. The van der Waals surface area contributed by atoms with E-state index in [0.29, 0.717) is 11.6 Å². The molecular weight excluding hydrogens is 663 g/mol. The molecule has 0 bridgehead atoms. The summed E-state index contributed by atoms with van der Waals surface area (Å²) in [5, 5.41) is 2.30. The van der Waals surface area contributed by atoms with Gasteiger partial charge < -0.3 is 4.74 Å². The summed E-state index contributed by atoms with van der Waals surface area (Å²) >= 11 is 0. The van der Waals surface area contributed by atoms with Crippen LogP contribution in [0.5, 0.6) is 11.5 Å². The van der Waals surface area contributed by atoms with E-state index in [1.165, 1.54) is 27.6 Å². The molecule has 0 spiro atoms. The third kappa shape index (κ3) is 6.57. The van der Waals surface area contributed by atoms with Gasteiger partial charge in [-0.3, -0.25) is 18.7 Å². The molecule has 0 unspecified atom stereocenters. The number of aromatic nitrogens is 5. The molecule has 6 nitrogen and oxygen atoms in total. The summed E-state index contributed by atoms with van der Waals surface area (Å²) in [5.74, 6) is 2.99. The lowest BCUT2D eigenvalue weighted by molar-refractivity contribution is -0.599. The lowest BCUT2D eigenvalue weighted by Crippen LogP contribution is -2.30. The highest BCUT2D eigenvalue weighted by molar-refractivity contribution is 6.09. The number of rotatable bonds is 7. The fraction of sp³-hybridized carbons (Fsp3) is 0.229. The van der Waals surface area contributed by atoms with Crippen molar-refractivity contribution in [1.29, 1.82) is 0 Å². The number of para-hydroxylation sites is 1. The summed E-state index contributed by atoms with van der Waals surface area (Å²) in [6.45, 7) is 18.1. The first kappa shape index (κ1) is 35.0. The molecule has 0 amide bonds. The molecule has 0 atom stereocenters. The van der Waals surface area contributed by atoms with E-state index in [-0.39, 0.29) is 16.2 Å². The van der Waals surface area contributed by atoms with Crippen molar-refractivity contribution in [2.75, 3.05) is 0 Å². The zero-order chi connectivity index (χ0) is 37.8. The number of pyridine rings is 2. The van der Waals surface area contributed by atoms with Gasteiger partial charge in [0.1, 0.15) is 17.3 Å². The Morgan fingerprint density at radius 3 is 1.94 bits per heavy atom. The van der Waals surface area contributed by atoms with Crippen LogP contribution in [-0.2, 0) is 16.2 Å². The maximum absolute atomic E-state index is 6.56. The van der Waals surface area contributed by atoms with Crippen molar-refractivity contribution < 1.29 is 9.30 Å². The van der Waals surface area contributed by atoms with Crippen molar-refractivity contribution in [2.45, 2.75) is 71.6 Å². The smallest absolute Gasteiger partial charge is 0.270 e. The van der Waals surface area contributed by atoms with Gasteiger partial charge in [0.25, 0.3) is 6.33 Å². The van der Waals surface area contributed by atoms with Gasteiger partial charge in [-0.2, -0.15) is 0 Å². The molecule has 0 saturated carbocycles. The Morgan fingerprint density at radius 2 is 1.20 bits per heavy atom. The van der Waals surface area contributed by atoms with Crippen LogP contribution in [-0.4, -0.2) is 19.1 Å². The Bertz CT molecular complexity index is 2600. The topological polar surface area (TPSA) is 48.8 Å². The van der Waals surface area contributed by atoms with Crippen LogP contribution in [0.1, 0.15) is 77.6 Å². The summed E-state index contributed by atoms with van der Waals surface area (Å²) in [4.78, 5) is 9.59. The SMILES string of the molecule is CC(C)(C)c1cc(-[n+]2[c-]n(-c3cc(Oc4ccc5c6ccccc6n(-c6cc(C(C)(C)c7ccccc7)ccn6)c5c4)ccn3)cc2)cc(C(C)(C)C)c1. The first-order valence-corrected chi connectivity index (χ1v) is 18.6. The first-order valence-electron chi connectivity index (χ1n) is 18.6. The Kier molecular flexibility index (Phi) is 8.52. The number of nitrogens with zero attached hydrogens (tertiary/aromatic N) is 5. The molecule has 8 rings (SSSR count). The predicted octanol–water partition coefficient (Wildman–Crippen LogP) is 11.2. The minimum atomic E-state index is -0.201. The van der Waals surface area contributed by atoms with Crippen molar-refractivity contribution in [3.05, 3.63) is 169 Å². The Labute approximate surface area is 318 Å². The largest absolute Gasteiger partial charge is 0.458 e. The van der Waals surface area contributed by atoms with Crippen molar-refractivity contribution in [2.24, 2.45) is 0 Å². The fourth-order valence-electron chi connectivity index (χ4n) is 7.15. The standard InChI is InChI=1S/C48H47N5O/c1-46(2,3)35-26-36(47(4,5)6)28-37(27-35)51-24-25-52(32-51)44-31-39(21-23-49-44)54-38-18-19-41-40-16-12-13-17-42(40)53(43(41)30-38)45-29-34(20-22-50-45)48(7,8)33-14-10-9-11-15-33/h9-31H,1-8H3. The number of imidazole rings is 1. The summed E-state index contributed by atoms with van der Waals surface area (Å²) < 4.78 is 12.7. The monoisotopic (exact) mass is 709 g/mol. The van der Waals surface area contributed by atoms with E-state index in [1.807, 2.05) is 45.9 Å². The third-order valence-electron chi connectivity index (χ3n) is 10.5. The highest BCUT2D eigenvalue weighted by atomic mass is 16.5. The lowest BCUT2D eigenvalue weighted by Gasteiger charge is -2.26. The molecule has 8 aromatic rings. The molecule has 0 aliphatic carbocycles. The fourth-order valence-corrected chi connectivity index (χ4v) is 7.15. The molecule has 4 aromatic carbocycles. The average molecular weight is 710 g/mol. The van der Waals surface area contributed by atoms with E-state index in [0.717, 1.165) is 33.7 Å². The third-order valence-corrected chi connectivity index (χ3v) is 10.5. The summed E-state index contributed by atoms with van der Waals surface area (Å²) in [6.07, 6.45) is 11.2. The van der Waals surface area contributed by atoms with Crippen LogP contribution in [0.4, 0.5) is 0 Å². The van der Waals surface area contributed by atoms with E-state index >= 15 is 0 Å². The second kappa shape index (κ2) is 13.1. The molecule has 0 saturated heterocycles. The van der Waals surface area contributed by atoms with Crippen LogP contribution in [0.2, 0.25) is 0 Å². The van der Waals surface area contributed by atoms with Crippen LogP contribution in [0.3, 0.4) is 0 Å². The van der Waals surface area contributed by atoms with Crippen molar-refractivity contribution in [3.63, 3.8) is 0 Å². The lowest BCUT2D eigenvalue weighted by atomic mass is 9.78. The Hall–Kier alpha value is -6.01. The average Bonchev–Trinajstić information content (AvgIpc) is 3.78. The summed E-state index contributed by atoms with van der Waals surface area (Å²) in [5.41, 5.74) is 8.07. The number of hydrogen-bond acceptors (Lipinski definition) is 3. The molecule has 4 heterocycles. The molecule has 0 N–H and O–H groups in total. The van der Waals surface area contributed by atoms with E-state index < -0.39 is 0 Å². The molecule has 0 fully saturated rings. The Balaban J connectivity index is 1.14. The number of fused-ring (bicyclic) bond motifs is 3. The van der Waals surface area contributed by atoms with Crippen LogP contribution in [0, 0.1) is 6.33 Å². The van der Waals surface area contributed by atoms with Crippen molar-refractivity contribution in [3.8, 4) is 28.8 Å². The maximum atomic E-state index is 6.56. The number of ether oxygens (including phenoxy) is 1. The highest BCUT2D eigenvalue weighted by Crippen LogP contribution is 2.37. The molecule has 6 heteroatoms. The first-order chi connectivity index (χ1) is 25.8. The van der Waals surface area contributed by atoms with Gasteiger partial charge in [0.15, 0.2) is 5.82 Å².